The van der Waals surface area contributed by atoms with Crippen LogP contribution in [0.25, 0.3) is 88.7 Å². The Labute approximate surface area is 326 Å². The van der Waals surface area contributed by atoms with Crippen molar-refractivity contribution in [1.29, 1.82) is 0 Å². The maximum atomic E-state index is 6.70. The summed E-state index contributed by atoms with van der Waals surface area (Å²) < 4.78 is 6.70. The van der Waals surface area contributed by atoms with E-state index in [4.69, 9.17) is 4.42 Å². The van der Waals surface area contributed by atoms with Gasteiger partial charge in [-0.1, -0.05) is 176 Å². The lowest BCUT2D eigenvalue weighted by Gasteiger charge is -2.28. The first-order valence-corrected chi connectivity index (χ1v) is 19.2. The molecule has 9 aromatic carbocycles. The summed E-state index contributed by atoms with van der Waals surface area (Å²) in [4.78, 5) is 2.36. The molecular weight excluding hydrogens is 679 g/mol. The Morgan fingerprint density at radius 3 is 1.30 bits per heavy atom. The van der Waals surface area contributed by atoms with E-state index in [0.29, 0.717) is 0 Å². The average Bonchev–Trinajstić information content (AvgIpc) is 3.66. The normalized spacial score (nSPS) is 11.6. The molecule has 10 aromatic rings. The predicted molar refractivity (Wildman–Crippen MR) is 235 cm³/mol. The number of hydrogen-bond donors (Lipinski definition) is 0. The minimum atomic E-state index is 0.862. The van der Waals surface area contributed by atoms with Gasteiger partial charge in [0.15, 0.2) is 5.58 Å². The van der Waals surface area contributed by atoms with Crippen LogP contribution in [-0.4, -0.2) is 0 Å². The number of anilines is 3. The summed E-state index contributed by atoms with van der Waals surface area (Å²) in [5.74, 6) is 0. The Morgan fingerprint density at radius 1 is 0.286 bits per heavy atom. The van der Waals surface area contributed by atoms with Crippen LogP contribution < -0.4 is 4.90 Å². The quantitative estimate of drug-likeness (QED) is 0.177. The van der Waals surface area contributed by atoms with Crippen molar-refractivity contribution in [2.45, 2.75) is 0 Å². The van der Waals surface area contributed by atoms with E-state index in [1.165, 1.54) is 61.2 Å². The molecule has 1 heterocycles. The van der Waals surface area contributed by atoms with Gasteiger partial charge in [-0.15, -0.1) is 0 Å². The number of para-hydroxylation sites is 2. The minimum absolute atomic E-state index is 0.862. The summed E-state index contributed by atoms with van der Waals surface area (Å²) in [6, 6.07) is 76.5. The lowest BCUT2D eigenvalue weighted by Crippen LogP contribution is -2.11. The molecule has 1 aliphatic rings. The van der Waals surface area contributed by atoms with Crippen molar-refractivity contribution in [2.75, 3.05) is 4.90 Å². The molecule has 0 saturated heterocycles. The van der Waals surface area contributed by atoms with Crippen LogP contribution in [0.1, 0.15) is 0 Å². The highest BCUT2D eigenvalue weighted by Crippen LogP contribution is 2.50. The van der Waals surface area contributed by atoms with Gasteiger partial charge in [0, 0.05) is 22.1 Å². The van der Waals surface area contributed by atoms with Crippen molar-refractivity contribution in [3.8, 4) is 66.8 Å². The number of furan rings is 1. The number of nitrogens with zero attached hydrogens (tertiary/aromatic N) is 1. The molecule has 262 valence electrons. The van der Waals surface area contributed by atoms with Gasteiger partial charge in [0.25, 0.3) is 0 Å². The zero-order chi connectivity index (χ0) is 37.0. The molecule has 0 saturated carbocycles. The molecule has 1 aromatic heterocycles. The second kappa shape index (κ2) is 13.2. The molecule has 0 unspecified atom stereocenters. The standard InChI is InChI=1S/C54H35NO/c1-2-13-36(14-3-1)37-25-27-38(28-26-37)39-29-31-40(32-30-39)55(52-23-12-22-50-49-21-10-11-24-53(49)56-54(50)52)41-33-34-48-46-19-7-6-17-44(46)42-15-4-5-16-43(42)45-18-8-9-20-47(45)51(48)35-41/h1-35H. The number of hydrogen-bond acceptors (Lipinski definition) is 2. The number of fused-ring (bicyclic) bond motifs is 11. The van der Waals surface area contributed by atoms with Crippen molar-refractivity contribution in [2.24, 2.45) is 0 Å². The Morgan fingerprint density at radius 2 is 0.714 bits per heavy atom. The molecule has 1 aliphatic carbocycles. The van der Waals surface area contributed by atoms with E-state index in [0.717, 1.165) is 44.6 Å². The molecule has 0 radical (unpaired) electrons. The van der Waals surface area contributed by atoms with Crippen LogP contribution in [-0.2, 0) is 0 Å². The fourth-order valence-corrected chi connectivity index (χ4v) is 8.61. The molecule has 0 spiro atoms. The highest BCUT2D eigenvalue weighted by Gasteiger charge is 2.25. The summed E-state index contributed by atoms with van der Waals surface area (Å²) in [7, 11) is 0. The highest BCUT2D eigenvalue weighted by atomic mass is 16.3. The largest absolute Gasteiger partial charge is 0.454 e. The maximum Gasteiger partial charge on any atom is 0.159 e. The molecular formula is C54H35NO. The Balaban J connectivity index is 1.10. The molecule has 0 aliphatic heterocycles. The van der Waals surface area contributed by atoms with Crippen LogP contribution in [0.15, 0.2) is 217 Å². The second-order valence-electron chi connectivity index (χ2n) is 14.4. The van der Waals surface area contributed by atoms with Crippen LogP contribution in [0.2, 0.25) is 0 Å². The van der Waals surface area contributed by atoms with E-state index in [1.807, 2.05) is 6.07 Å². The Bertz CT molecular complexity index is 3060. The summed E-state index contributed by atoms with van der Waals surface area (Å²) in [5, 5.41) is 2.21. The van der Waals surface area contributed by atoms with Crippen LogP contribution in [0.3, 0.4) is 0 Å². The van der Waals surface area contributed by atoms with Crippen molar-refractivity contribution in [3.63, 3.8) is 0 Å². The van der Waals surface area contributed by atoms with Crippen LogP contribution in [0.4, 0.5) is 17.1 Å². The third-order valence-corrected chi connectivity index (χ3v) is 11.3. The fraction of sp³-hybridized carbons (Fsp3) is 0. The van der Waals surface area contributed by atoms with Gasteiger partial charge in [-0.05, 0) is 103 Å². The third-order valence-electron chi connectivity index (χ3n) is 11.3. The predicted octanol–water partition coefficient (Wildman–Crippen LogP) is 15.4. The van der Waals surface area contributed by atoms with E-state index >= 15 is 0 Å². The van der Waals surface area contributed by atoms with Gasteiger partial charge in [-0.3, -0.25) is 0 Å². The van der Waals surface area contributed by atoms with Crippen LogP contribution in [0, 0.1) is 0 Å². The van der Waals surface area contributed by atoms with Gasteiger partial charge >= 0.3 is 0 Å². The second-order valence-corrected chi connectivity index (χ2v) is 14.4. The van der Waals surface area contributed by atoms with Gasteiger partial charge in [0.05, 0.1) is 5.69 Å². The maximum absolute atomic E-state index is 6.70. The molecule has 2 nitrogen and oxygen atoms in total. The lowest BCUT2D eigenvalue weighted by atomic mass is 9.81. The highest BCUT2D eigenvalue weighted by molar-refractivity contribution is 6.11. The summed E-state index contributed by atoms with van der Waals surface area (Å²) in [6.45, 7) is 0. The van der Waals surface area contributed by atoms with Crippen molar-refractivity contribution in [1.82, 2.24) is 0 Å². The van der Waals surface area contributed by atoms with Crippen LogP contribution in [0.5, 0.6) is 0 Å². The first-order chi connectivity index (χ1) is 27.8. The zero-order valence-electron chi connectivity index (χ0n) is 30.6. The van der Waals surface area contributed by atoms with Crippen molar-refractivity contribution >= 4 is 39.0 Å². The Kier molecular flexibility index (Phi) is 7.53. The molecule has 56 heavy (non-hydrogen) atoms. The SMILES string of the molecule is c1ccc(-c2ccc(-c3ccc(N(c4ccc5c(c4)-c4ccccc4-c4ccccc4-c4ccccc4-5)c4cccc5c4oc4ccccc45)cc3)cc2)cc1. The minimum Gasteiger partial charge on any atom is -0.454 e. The van der Waals surface area contributed by atoms with E-state index in [2.05, 4.69) is 211 Å². The zero-order valence-corrected chi connectivity index (χ0v) is 30.6. The molecule has 0 atom stereocenters. The first-order valence-electron chi connectivity index (χ1n) is 19.2. The average molecular weight is 714 g/mol. The van der Waals surface area contributed by atoms with Gasteiger partial charge in [-0.2, -0.15) is 0 Å². The fourth-order valence-electron chi connectivity index (χ4n) is 8.61. The van der Waals surface area contributed by atoms with E-state index in [1.54, 1.807) is 0 Å². The van der Waals surface area contributed by atoms with E-state index in [9.17, 15) is 0 Å². The van der Waals surface area contributed by atoms with Gasteiger partial charge in [0.2, 0.25) is 0 Å². The van der Waals surface area contributed by atoms with Gasteiger partial charge in [-0.25, -0.2) is 0 Å². The van der Waals surface area contributed by atoms with Crippen molar-refractivity contribution < 1.29 is 4.42 Å². The first kappa shape index (κ1) is 32.0. The van der Waals surface area contributed by atoms with Gasteiger partial charge in [0.1, 0.15) is 5.58 Å². The smallest absolute Gasteiger partial charge is 0.159 e. The molecule has 0 fully saturated rings. The molecule has 0 N–H and O–H groups in total. The van der Waals surface area contributed by atoms with Crippen LogP contribution >= 0.6 is 0 Å². The van der Waals surface area contributed by atoms with Gasteiger partial charge < -0.3 is 9.32 Å². The number of benzene rings is 9. The number of rotatable bonds is 5. The third kappa shape index (κ3) is 5.26. The van der Waals surface area contributed by atoms with E-state index < -0.39 is 0 Å². The lowest BCUT2D eigenvalue weighted by molar-refractivity contribution is 0.669. The molecule has 11 rings (SSSR count). The van der Waals surface area contributed by atoms with Crippen molar-refractivity contribution in [3.05, 3.63) is 212 Å². The summed E-state index contributed by atoms with van der Waals surface area (Å²) in [6.07, 6.45) is 0. The summed E-state index contributed by atoms with van der Waals surface area (Å²) >= 11 is 0. The molecule has 0 amide bonds. The topological polar surface area (TPSA) is 16.4 Å². The molecule has 2 heteroatoms. The summed E-state index contributed by atoms with van der Waals surface area (Å²) in [5.41, 5.74) is 19.4. The molecule has 0 bridgehead atoms. The Hall–Kier alpha value is -7.42. The van der Waals surface area contributed by atoms with E-state index in [-0.39, 0.29) is 0 Å². The monoisotopic (exact) mass is 713 g/mol.